The number of rotatable bonds is 13. The molecular formula is C32H48O4. The number of aldehydes is 1. The van der Waals surface area contributed by atoms with Crippen molar-refractivity contribution in [3.8, 4) is 0 Å². The third kappa shape index (κ3) is 7.07. The maximum Gasteiger partial charge on any atom is 0.330 e. The van der Waals surface area contributed by atoms with Crippen molar-refractivity contribution in [2.24, 2.45) is 35.0 Å². The Kier molecular flexibility index (Phi) is 10.8. The molecule has 1 fully saturated rings. The summed E-state index contributed by atoms with van der Waals surface area (Å²) in [5.41, 5.74) is 1.92. The number of allylic oxidation sites excluding steroid dienone is 5. The highest BCUT2D eigenvalue weighted by atomic mass is 16.5. The Balaban J connectivity index is 1.51. The SMILES string of the molecule is CCCCCCCCCCOC(=O)/C=C/[C@H](C)[C@H]1CC[C@]2(C)C[C@@H]3C(C)=CC(=O)[C@H]3/C(C=O)=C\C[C@@H]12. The zero-order chi connectivity index (χ0) is 26.1. The van der Waals surface area contributed by atoms with Crippen molar-refractivity contribution < 1.29 is 19.1 Å². The van der Waals surface area contributed by atoms with Gasteiger partial charge in [-0.3, -0.25) is 9.59 Å². The van der Waals surface area contributed by atoms with Gasteiger partial charge in [0.2, 0.25) is 0 Å². The molecule has 0 aliphatic heterocycles. The van der Waals surface area contributed by atoms with Gasteiger partial charge in [-0.25, -0.2) is 4.79 Å². The van der Waals surface area contributed by atoms with Crippen LogP contribution >= 0.6 is 0 Å². The molecule has 0 aromatic carbocycles. The Morgan fingerprint density at radius 2 is 1.86 bits per heavy atom. The molecule has 6 atom stereocenters. The van der Waals surface area contributed by atoms with E-state index in [0.717, 1.165) is 50.4 Å². The van der Waals surface area contributed by atoms with Crippen molar-refractivity contribution in [2.45, 2.75) is 105 Å². The van der Waals surface area contributed by atoms with Crippen LogP contribution in [0.15, 0.2) is 35.5 Å². The van der Waals surface area contributed by atoms with E-state index in [1.807, 2.05) is 19.1 Å². The van der Waals surface area contributed by atoms with Gasteiger partial charge in [0.15, 0.2) is 5.78 Å². The lowest BCUT2D eigenvalue weighted by Gasteiger charge is -2.40. The maximum atomic E-state index is 12.6. The van der Waals surface area contributed by atoms with Crippen LogP contribution in [0.3, 0.4) is 0 Å². The average molecular weight is 497 g/mol. The molecule has 0 unspecified atom stereocenters. The molecule has 3 aliphatic rings. The quantitative estimate of drug-likeness (QED) is 0.114. The van der Waals surface area contributed by atoms with Crippen molar-refractivity contribution in [2.75, 3.05) is 6.61 Å². The molecule has 3 rings (SSSR count). The van der Waals surface area contributed by atoms with Crippen molar-refractivity contribution in [3.05, 3.63) is 35.5 Å². The van der Waals surface area contributed by atoms with Gasteiger partial charge in [-0.05, 0) is 79.8 Å². The van der Waals surface area contributed by atoms with E-state index in [1.165, 1.54) is 38.5 Å². The number of ether oxygens (including phenoxy) is 1. The van der Waals surface area contributed by atoms with Crippen LogP contribution in [0.2, 0.25) is 0 Å². The number of ketones is 1. The Labute approximate surface area is 219 Å². The Bertz CT molecular complexity index is 865. The fraction of sp³-hybridized carbons (Fsp3) is 0.719. The molecule has 1 saturated carbocycles. The second-order valence-electron chi connectivity index (χ2n) is 12.0. The summed E-state index contributed by atoms with van der Waals surface area (Å²) in [5.74, 6) is 0.857. The van der Waals surface area contributed by atoms with Gasteiger partial charge < -0.3 is 4.74 Å². The topological polar surface area (TPSA) is 60.4 Å². The summed E-state index contributed by atoms with van der Waals surface area (Å²) in [6.45, 7) is 9.36. The molecule has 0 spiro atoms. The zero-order valence-electron chi connectivity index (χ0n) is 23.1. The molecular weight excluding hydrogens is 448 g/mol. The van der Waals surface area contributed by atoms with Crippen LogP contribution in [-0.4, -0.2) is 24.6 Å². The van der Waals surface area contributed by atoms with Crippen LogP contribution in [-0.2, 0) is 19.1 Å². The highest BCUT2D eigenvalue weighted by molar-refractivity contribution is 6.01. The average Bonchev–Trinajstić information content (AvgIpc) is 3.30. The molecule has 36 heavy (non-hydrogen) atoms. The van der Waals surface area contributed by atoms with Crippen LogP contribution in [0.1, 0.15) is 105 Å². The zero-order valence-corrected chi connectivity index (χ0v) is 23.1. The summed E-state index contributed by atoms with van der Waals surface area (Å²) in [5, 5.41) is 0. The van der Waals surface area contributed by atoms with Crippen molar-refractivity contribution in [1.29, 1.82) is 0 Å². The van der Waals surface area contributed by atoms with Gasteiger partial charge in [0, 0.05) is 6.08 Å². The largest absolute Gasteiger partial charge is 0.463 e. The molecule has 0 amide bonds. The van der Waals surface area contributed by atoms with Gasteiger partial charge in [-0.1, -0.05) is 83.4 Å². The second-order valence-corrected chi connectivity index (χ2v) is 12.0. The van der Waals surface area contributed by atoms with E-state index in [9.17, 15) is 14.4 Å². The van der Waals surface area contributed by atoms with Gasteiger partial charge in [-0.2, -0.15) is 0 Å². The lowest BCUT2D eigenvalue weighted by Crippen LogP contribution is -2.34. The molecule has 0 radical (unpaired) electrons. The van der Waals surface area contributed by atoms with Crippen molar-refractivity contribution in [3.63, 3.8) is 0 Å². The standard InChI is InChI=1S/C32H48O4/c1-5-6-7-8-9-10-11-12-19-36-30(35)16-13-23(2)26-17-18-32(4)21-27-24(3)20-29(34)31(27)25(22-33)14-15-28(26)32/h13-14,16,20,22-23,26-28,31H,5-12,15,17-19,21H2,1-4H3/b16-13+,25-14-/t23-,26+,27+,28-,31-,32+/m0/s1. The van der Waals surface area contributed by atoms with E-state index >= 15 is 0 Å². The lowest BCUT2D eigenvalue weighted by atomic mass is 9.63. The van der Waals surface area contributed by atoms with Crippen molar-refractivity contribution >= 4 is 18.0 Å². The van der Waals surface area contributed by atoms with E-state index in [0.29, 0.717) is 24.0 Å². The first-order chi connectivity index (χ1) is 17.3. The Morgan fingerprint density at radius 3 is 2.56 bits per heavy atom. The second kappa shape index (κ2) is 13.5. The third-order valence-electron chi connectivity index (χ3n) is 9.37. The molecule has 0 bridgehead atoms. The minimum Gasteiger partial charge on any atom is -0.463 e. The fourth-order valence-electron chi connectivity index (χ4n) is 7.14. The molecule has 4 heteroatoms. The monoisotopic (exact) mass is 496 g/mol. The van der Waals surface area contributed by atoms with Crippen LogP contribution < -0.4 is 0 Å². The number of carbonyl (C=O) groups excluding carboxylic acids is 3. The number of hydrogen-bond acceptors (Lipinski definition) is 4. The van der Waals surface area contributed by atoms with Crippen LogP contribution in [0.5, 0.6) is 0 Å². The van der Waals surface area contributed by atoms with Gasteiger partial charge in [-0.15, -0.1) is 0 Å². The van der Waals surface area contributed by atoms with E-state index in [1.54, 1.807) is 12.2 Å². The molecule has 0 aromatic rings. The van der Waals surface area contributed by atoms with Crippen LogP contribution in [0.25, 0.3) is 0 Å². The molecule has 0 heterocycles. The molecule has 3 aliphatic carbocycles. The molecule has 200 valence electrons. The number of carbonyl (C=O) groups is 3. The maximum absolute atomic E-state index is 12.6. The molecule has 4 nitrogen and oxygen atoms in total. The van der Waals surface area contributed by atoms with E-state index in [2.05, 4.69) is 20.8 Å². The first-order valence-corrected chi connectivity index (χ1v) is 14.5. The van der Waals surface area contributed by atoms with Crippen LogP contribution in [0, 0.1) is 35.0 Å². The highest BCUT2D eigenvalue weighted by Crippen LogP contribution is 2.58. The van der Waals surface area contributed by atoms with E-state index in [-0.39, 0.29) is 34.9 Å². The van der Waals surface area contributed by atoms with E-state index < -0.39 is 0 Å². The predicted octanol–water partition coefficient (Wildman–Crippen LogP) is 7.58. The number of fused-ring (bicyclic) bond motifs is 2. The Morgan fingerprint density at radius 1 is 1.17 bits per heavy atom. The van der Waals surface area contributed by atoms with Crippen molar-refractivity contribution in [1.82, 2.24) is 0 Å². The summed E-state index contributed by atoms with van der Waals surface area (Å²) in [4.78, 5) is 36.8. The van der Waals surface area contributed by atoms with Gasteiger partial charge >= 0.3 is 5.97 Å². The number of unbranched alkanes of at least 4 members (excludes halogenated alkanes) is 7. The van der Waals surface area contributed by atoms with Gasteiger partial charge in [0.25, 0.3) is 0 Å². The Hall–Kier alpha value is -1.97. The minimum absolute atomic E-state index is 0.0919. The molecule has 0 N–H and O–H groups in total. The number of esters is 1. The van der Waals surface area contributed by atoms with Gasteiger partial charge in [0.05, 0.1) is 12.5 Å². The number of hydrogen-bond donors (Lipinski definition) is 0. The lowest BCUT2D eigenvalue weighted by molar-refractivity contribution is -0.137. The minimum atomic E-state index is -0.285. The summed E-state index contributed by atoms with van der Waals surface area (Å²) in [6, 6.07) is 0. The first kappa shape index (κ1) is 28.6. The highest BCUT2D eigenvalue weighted by Gasteiger charge is 2.50. The fourth-order valence-corrected chi connectivity index (χ4v) is 7.14. The van der Waals surface area contributed by atoms with Crippen LogP contribution in [0.4, 0.5) is 0 Å². The van der Waals surface area contributed by atoms with E-state index in [4.69, 9.17) is 4.74 Å². The summed E-state index contributed by atoms with van der Waals surface area (Å²) in [6.07, 6.45) is 22.2. The summed E-state index contributed by atoms with van der Waals surface area (Å²) >= 11 is 0. The summed E-state index contributed by atoms with van der Waals surface area (Å²) in [7, 11) is 0. The smallest absolute Gasteiger partial charge is 0.330 e. The third-order valence-corrected chi connectivity index (χ3v) is 9.37. The summed E-state index contributed by atoms with van der Waals surface area (Å²) < 4.78 is 5.45. The first-order valence-electron chi connectivity index (χ1n) is 14.5. The molecule has 0 saturated heterocycles. The molecule has 0 aromatic heterocycles. The predicted molar refractivity (Wildman–Crippen MR) is 145 cm³/mol. The van der Waals surface area contributed by atoms with Gasteiger partial charge in [0.1, 0.15) is 6.29 Å². The normalized spacial score (nSPS) is 32.2.